The van der Waals surface area contributed by atoms with E-state index in [1.807, 2.05) is 43.3 Å². The summed E-state index contributed by atoms with van der Waals surface area (Å²) in [7, 11) is 1.55. The fraction of sp³-hybridized carbons (Fsp3) is 0.286. The second kappa shape index (κ2) is 6.91. The molecule has 0 amide bonds. The molecular weight excluding hydrogens is 300 g/mol. The van der Waals surface area contributed by atoms with E-state index in [1.165, 1.54) is 5.56 Å². The molecule has 2 aromatic carbocycles. The van der Waals surface area contributed by atoms with Crippen LogP contribution in [0.2, 0.25) is 0 Å². The van der Waals surface area contributed by atoms with Gasteiger partial charge in [-0.15, -0.1) is 0 Å². The molecule has 2 aromatic rings. The van der Waals surface area contributed by atoms with Crippen molar-refractivity contribution in [1.29, 1.82) is 0 Å². The van der Waals surface area contributed by atoms with E-state index in [0.717, 1.165) is 11.1 Å². The average molecular weight is 324 g/mol. The molecule has 0 bridgehead atoms. The Labute approximate surface area is 143 Å². The summed E-state index contributed by atoms with van der Waals surface area (Å²) in [5.41, 5.74) is 3.93. The second-order valence-electron chi connectivity index (χ2n) is 6.94. The van der Waals surface area contributed by atoms with Crippen molar-refractivity contribution in [3.63, 3.8) is 0 Å². The van der Waals surface area contributed by atoms with E-state index in [1.54, 1.807) is 19.3 Å². The first-order chi connectivity index (χ1) is 11.2. The number of carbonyl (C=O) groups is 1. The first-order valence-corrected chi connectivity index (χ1v) is 7.93. The molecule has 0 aliphatic rings. The van der Waals surface area contributed by atoms with Gasteiger partial charge in [0.2, 0.25) is 0 Å². The van der Waals surface area contributed by atoms with Crippen LogP contribution in [0, 0.1) is 6.92 Å². The van der Waals surface area contributed by atoms with E-state index in [2.05, 4.69) is 20.8 Å². The van der Waals surface area contributed by atoms with Gasteiger partial charge < -0.3 is 9.84 Å². The number of benzene rings is 2. The van der Waals surface area contributed by atoms with Gasteiger partial charge >= 0.3 is 5.97 Å². The maximum absolute atomic E-state index is 11.8. The summed E-state index contributed by atoms with van der Waals surface area (Å²) in [6.45, 7) is 8.38. The molecule has 1 N–H and O–H groups in total. The van der Waals surface area contributed by atoms with Gasteiger partial charge in [-0.05, 0) is 41.7 Å². The number of aryl methyl sites for hydroxylation is 1. The Kier molecular flexibility index (Phi) is 5.13. The minimum Gasteiger partial charge on any atom is -0.496 e. The van der Waals surface area contributed by atoms with Crippen molar-refractivity contribution in [2.75, 3.05) is 7.11 Å². The van der Waals surface area contributed by atoms with E-state index in [9.17, 15) is 9.90 Å². The molecule has 0 heterocycles. The van der Waals surface area contributed by atoms with E-state index < -0.39 is 5.97 Å². The van der Waals surface area contributed by atoms with E-state index in [4.69, 9.17) is 4.74 Å². The molecular formula is C21H24O3. The largest absolute Gasteiger partial charge is 0.496 e. The van der Waals surface area contributed by atoms with Crippen molar-refractivity contribution in [3.05, 3.63) is 64.7 Å². The molecule has 126 valence electrons. The highest BCUT2D eigenvalue weighted by Gasteiger charge is 2.17. The third-order valence-electron chi connectivity index (χ3n) is 3.96. The molecule has 0 aromatic heterocycles. The molecule has 0 atom stereocenters. The Bertz CT molecular complexity index is 763. The standard InChI is InChI=1S/C21H24O3/c1-14-6-11-19(24-5)17(12-14)18(20(22)23)13-15-7-9-16(10-8-15)21(2,3)4/h6-13H,1-5H3,(H,22,23)/b18-13-. The summed E-state index contributed by atoms with van der Waals surface area (Å²) < 4.78 is 5.33. The van der Waals surface area contributed by atoms with Gasteiger partial charge in [-0.25, -0.2) is 4.79 Å². The minimum atomic E-state index is -0.973. The zero-order valence-corrected chi connectivity index (χ0v) is 14.9. The van der Waals surface area contributed by atoms with Gasteiger partial charge in [-0.1, -0.05) is 56.7 Å². The number of aliphatic carboxylic acids is 1. The Hall–Kier alpha value is -2.55. The summed E-state index contributed by atoms with van der Waals surface area (Å²) in [5.74, 6) is -0.417. The van der Waals surface area contributed by atoms with Gasteiger partial charge in [0.25, 0.3) is 0 Å². The summed E-state index contributed by atoms with van der Waals surface area (Å²) in [4.78, 5) is 11.8. The van der Waals surface area contributed by atoms with E-state index in [-0.39, 0.29) is 11.0 Å². The molecule has 0 radical (unpaired) electrons. The van der Waals surface area contributed by atoms with Crippen LogP contribution < -0.4 is 4.74 Å². The Morgan fingerprint density at radius 2 is 1.71 bits per heavy atom. The third-order valence-corrected chi connectivity index (χ3v) is 3.96. The number of rotatable bonds is 4. The number of carboxylic acid groups (broad SMARTS) is 1. The zero-order chi connectivity index (χ0) is 17.9. The van der Waals surface area contributed by atoms with Crippen molar-refractivity contribution in [2.24, 2.45) is 0 Å². The van der Waals surface area contributed by atoms with Crippen molar-refractivity contribution in [1.82, 2.24) is 0 Å². The monoisotopic (exact) mass is 324 g/mol. The van der Waals surface area contributed by atoms with Gasteiger partial charge in [0.05, 0.1) is 12.7 Å². The van der Waals surface area contributed by atoms with Crippen LogP contribution in [-0.2, 0) is 10.2 Å². The quantitative estimate of drug-likeness (QED) is 0.641. The first kappa shape index (κ1) is 17.8. The molecule has 24 heavy (non-hydrogen) atoms. The van der Waals surface area contributed by atoms with Crippen molar-refractivity contribution in [3.8, 4) is 5.75 Å². The van der Waals surface area contributed by atoms with Gasteiger partial charge in [0.15, 0.2) is 0 Å². The number of ether oxygens (including phenoxy) is 1. The van der Waals surface area contributed by atoms with Crippen molar-refractivity contribution in [2.45, 2.75) is 33.1 Å². The fourth-order valence-electron chi connectivity index (χ4n) is 2.53. The smallest absolute Gasteiger partial charge is 0.336 e. The highest BCUT2D eigenvalue weighted by molar-refractivity contribution is 6.21. The molecule has 0 spiro atoms. The van der Waals surface area contributed by atoms with Crippen molar-refractivity contribution >= 4 is 17.6 Å². The van der Waals surface area contributed by atoms with Gasteiger partial charge in [0, 0.05) is 5.56 Å². The highest BCUT2D eigenvalue weighted by Crippen LogP contribution is 2.30. The van der Waals surface area contributed by atoms with E-state index in [0.29, 0.717) is 11.3 Å². The number of methoxy groups -OCH3 is 1. The number of carboxylic acids is 1. The van der Waals surface area contributed by atoms with Gasteiger partial charge in [-0.3, -0.25) is 0 Å². The number of hydrogen-bond acceptors (Lipinski definition) is 2. The first-order valence-electron chi connectivity index (χ1n) is 7.93. The Morgan fingerprint density at radius 1 is 1.08 bits per heavy atom. The SMILES string of the molecule is COc1ccc(C)cc1/C(=C/c1ccc(C(C)(C)C)cc1)C(=O)O. The molecule has 0 aliphatic heterocycles. The van der Waals surface area contributed by atoms with Crippen molar-refractivity contribution < 1.29 is 14.6 Å². The summed E-state index contributed by atoms with van der Waals surface area (Å²) >= 11 is 0. The van der Waals surface area contributed by atoms with Crippen LogP contribution >= 0.6 is 0 Å². The summed E-state index contributed by atoms with van der Waals surface area (Å²) in [6.07, 6.45) is 1.69. The van der Waals surface area contributed by atoms with Crippen LogP contribution in [0.4, 0.5) is 0 Å². The minimum absolute atomic E-state index is 0.0671. The maximum atomic E-state index is 11.8. The van der Waals surface area contributed by atoms with Crippen LogP contribution in [0.3, 0.4) is 0 Å². The summed E-state index contributed by atoms with van der Waals surface area (Å²) in [5, 5.41) is 9.66. The molecule has 2 rings (SSSR count). The molecule has 0 saturated heterocycles. The Balaban J connectivity index is 2.50. The van der Waals surface area contributed by atoms with Crippen LogP contribution in [0.1, 0.15) is 43.0 Å². The number of hydrogen-bond donors (Lipinski definition) is 1. The average Bonchev–Trinajstić information content (AvgIpc) is 2.52. The topological polar surface area (TPSA) is 46.5 Å². The van der Waals surface area contributed by atoms with Crippen LogP contribution in [0.25, 0.3) is 11.6 Å². The van der Waals surface area contributed by atoms with Crippen LogP contribution in [0.15, 0.2) is 42.5 Å². The third kappa shape index (κ3) is 4.05. The maximum Gasteiger partial charge on any atom is 0.336 e. The fourth-order valence-corrected chi connectivity index (χ4v) is 2.53. The van der Waals surface area contributed by atoms with Gasteiger partial charge in [0.1, 0.15) is 5.75 Å². The zero-order valence-electron chi connectivity index (χ0n) is 14.9. The lowest BCUT2D eigenvalue weighted by Gasteiger charge is -2.19. The molecule has 3 nitrogen and oxygen atoms in total. The lowest BCUT2D eigenvalue weighted by Crippen LogP contribution is -2.10. The summed E-state index contributed by atoms with van der Waals surface area (Å²) in [6, 6.07) is 13.5. The lowest BCUT2D eigenvalue weighted by atomic mass is 9.86. The predicted octanol–water partition coefficient (Wildman–Crippen LogP) is 4.93. The van der Waals surface area contributed by atoms with Gasteiger partial charge in [-0.2, -0.15) is 0 Å². The molecule has 0 saturated carbocycles. The molecule has 3 heteroatoms. The normalized spacial score (nSPS) is 12.1. The van der Waals surface area contributed by atoms with Crippen LogP contribution in [-0.4, -0.2) is 18.2 Å². The lowest BCUT2D eigenvalue weighted by molar-refractivity contribution is -0.130. The molecule has 0 aliphatic carbocycles. The van der Waals surface area contributed by atoms with E-state index >= 15 is 0 Å². The molecule has 0 unspecified atom stereocenters. The van der Waals surface area contributed by atoms with Crippen LogP contribution in [0.5, 0.6) is 5.75 Å². The Morgan fingerprint density at radius 3 is 2.21 bits per heavy atom. The molecule has 0 fully saturated rings. The highest BCUT2D eigenvalue weighted by atomic mass is 16.5. The second-order valence-corrected chi connectivity index (χ2v) is 6.94. The predicted molar refractivity (Wildman–Crippen MR) is 98.4 cm³/mol.